The predicted molar refractivity (Wildman–Crippen MR) is 121 cm³/mol. The van der Waals surface area contributed by atoms with Crippen LogP contribution in [0.4, 0.5) is 5.82 Å². The van der Waals surface area contributed by atoms with Gasteiger partial charge in [-0.25, -0.2) is 4.98 Å². The molecule has 7 nitrogen and oxygen atoms in total. The largest absolute Gasteiger partial charge is 0.494 e. The fourth-order valence-corrected chi connectivity index (χ4v) is 3.59. The van der Waals surface area contributed by atoms with Gasteiger partial charge in [0.05, 0.1) is 12.6 Å². The Morgan fingerprint density at radius 2 is 2.06 bits per heavy atom. The summed E-state index contributed by atoms with van der Waals surface area (Å²) in [6, 6.07) is 13.5. The zero-order chi connectivity index (χ0) is 22.2. The maximum absolute atomic E-state index is 12.8. The van der Waals surface area contributed by atoms with Crippen LogP contribution in [-0.4, -0.2) is 48.6 Å². The molecule has 0 spiro atoms. The number of aromatic nitrogens is 1. The molecule has 1 amide bonds. The van der Waals surface area contributed by atoms with Crippen molar-refractivity contribution in [3.8, 4) is 11.8 Å². The second kappa shape index (κ2) is 10.5. The first-order chi connectivity index (χ1) is 15.0. The molecule has 1 aromatic heterocycles. The first-order valence-corrected chi connectivity index (χ1v) is 10.6. The predicted octanol–water partition coefficient (Wildman–Crippen LogP) is 3.20. The molecule has 1 N–H and O–H groups in total. The van der Waals surface area contributed by atoms with Crippen LogP contribution in [0.5, 0.6) is 5.75 Å². The van der Waals surface area contributed by atoms with Crippen molar-refractivity contribution in [2.75, 3.05) is 37.7 Å². The Labute approximate surface area is 183 Å². The Kier molecular flexibility index (Phi) is 7.50. The molecular weight excluding hydrogens is 390 g/mol. The second-order valence-corrected chi connectivity index (χ2v) is 7.53. The fraction of sp³-hybridized carbons (Fsp3) is 0.375. The highest BCUT2D eigenvalue weighted by Gasteiger charge is 2.20. The summed E-state index contributed by atoms with van der Waals surface area (Å²) in [5.41, 5.74) is 2.08. The van der Waals surface area contributed by atoms with Crippen LogP contribution in [0.15, 0.2) is 54.4 Å². The van der Waals surface area contributed by atoms with Crippen LogP contribution >= 0.6 is 0 Å². The third-order valence-electron chi connectivity index (χ3n) is 5.24. The molecule has 0 bridgehead atoms. The summed E-state index contributed by atoms with van der Waals surface area (Å²) >= 11 is 0. The third kappa shape index (κ3) is 5.76. The summed E-state index contributed by atoms with van der Waals surface area (Å²) in [6.45, 7) is 9.38. The summed E-state index contributed by atoms with van der Waals surface area (Å²) in [5, 5.41) is 12.5. The number of carbonyl (C=O) groups excluding carboxylic acids is 1. The zero-order valence-electron chi connectivity index (χ0n) is 18.3. The van der Waals surface area contributed by atoms with Crippen LogP contribution in [0.25, 0.3) is 0 Å². The lowest BCUT2D eigenvalue weighted by Crippen LogP contribution is -2.44. The van der Waals surface area contributed by atoms with Crippen molar-refractivity contribution in [3.63, 3.8) is 0 Å². The first kappa shape index (κ1) is 22.2. The number of aryl methyl sites for hydroxylation is 1. The zero-order valence-corrected chi connectivity index (χ0v) is 18.3. The van der Waals surface area contributed by atoms with Crippen LogP contribution in [0, 0.1) is 18.3 Å². The molecule has 31 heavy (non-hydrogen) atoms. The van der Waals surface area contributed by atoms with Gasteiger partial charge in [0.1, 0.15) is 23.2 Å². The number of hydrogen-bond donors (Lipinski definition) is 1. The van der Waals surface area contributed by atoms with Gasteiger partial charge >= 0.3 is 0 Å². The third-order valence-corrected chi connectivity index (χ3v) is 5.24. The lowest BCUT2D eigenvalue weighted by atomic mass is 10.0. The Balaban J connectivity index is 1.63. The van der Waals surface area contributed by atoms with Gasteiger partial charge in [0, 0.05) is 44.1 Å². The number of anilines is 1. The van der Waals surface area contributed by atoms with Gasteiger partial charge < -0.3 is 19.9 Å². The van der Waals surface area contributed by atoms with Crippen LogP contribution in [-0.2, 0) is 4.79 Å². The number of ether oxygens (including phenoxy) is 1. The minimum atomic E-state index is -0.383. The molecule has 1 atom stereocenters. The van der Waals surface area contributed by atoms with Crippen molar-refractivity contribution in [2.24, 2.45) is 0 Å². The monoisotopic (exact) mass is 419 g/mol. The highest BCUT2D eigenvalue weighted by Crippen LogP contribution is 2.26. The quantitative estimate of drug-likeness (QED) is 0.548. The number of nitriles is 1. The molecule has 162 valence electrons. The SMILES string of the molecule is CCOc1ccc(C)cc1C(C)NC(=O)/C(C#N)=C\N1CCN(c2ccccn2)CC1. The van der Waals surface area contributed by atoms with E-state index < -0.39 is 0 Å². The highest BCUT2D eigenvalue weighted by atomic mass is 16.5. The van der Waals surface area contributed by atoms with Gasteiger partial charge in [-0.1, -0.05) is 23.8 Å². The van der Waals surface area contributed by atoms with E-state index in [0.717, 1.165) is 48.9 Å². The summed E-state index contributed by atoms with van der Waals surface area (Å²) in [5.74, 6) is 1.31. The Morgan fingerprint density at radius 1 is 1.29 bits per heavy atom. The lowest BCUT2D eigenvalue weighted by molar-refractivity contribution is -0.117. The van der Waals surface area contributed by atoms with E-state index in [1.54, 1.807) is 12.4 Å². The van der Waals surface area contributed by atoms with Crippen LogP contribution in [0.1, 0.15) is 31.0 Å². The highest BCUT2D eigenvalue weighted by molar-refractivity contribution is 5.97. The minimum absolute atomic E-state index is 0.101. The molecule has 1 saturated heterocycles. The van der Waals surface area contributed by atoms with Gasteiger partial charge in [-0.15, -0.1) is 0 Å². The topological polar surface area (TPSA) is 81.5 Å². The molecule has 1 aliphatic rings. The van der Waals surface area contributed by atoms with Gasteiger partial charge in [0.25, 0.3) is 5.91 Å². The van der Waals surface area contributed by atoms with Gasteiger partial charge in [-0.3, -0.25) is 4.79 Å². The number of rotatable bonds is 7. The normalized spacial score (nSPS) is 15.2. The number of carbonyl (C=O) groups is 1. The van der Waals surface area contributed by atoms with Crippen LogP contribution < -0.4 is 15.0 Å². The molecule has 3 rings (SSSR count). The molecule has 1 unspecified atom stereocenters. The van der Waals surface area contributed by atoms with Crippen molar-refractivity contribution in [1.29, 1.82) is 5.26 Å². The average Bonchev–Trinajstić information content (AvgIpc) is 2.79. The Hall–Kier alpha value is -3.53. The maximum Gasteiger partial charge on any atom is 0.263 e. The van der Waals surface area contributed by atoms with Gasteiger partial charge in [0.2, 0.25) is 0 Å². The van der Waals surface area contributed by atoms with Crippen LogP contribution in [0.3, 0.4) is 0 Å². The van der Waals surface area contributed by atoms with Crippen molar-refractivity contribution < 1.29 is 9.53 Å². The molecule has 1 fully saturated rings. The van der Waals surface area contributed by atoms with Gasteiger partial charge in [-0.05, 0) is 39.0 Å². The van der Waals surface area contributed by atoms with E-state index in [0.29, 0.717) is 6.61 Å². The maximum atomic E-state index is 12.8. The molecule has 0 saturated carbocycles. The molecule has 2 aromatic rings. The van der Waals surface area contributed by atoms with E-state index in [2.05, 4.69) is 21.3 Å². The average molecular weight is 420 g/mol. The number of pyridine rings is 1. The lowest BCUT2D eigenvalue weighted by Gasteiger charge is -2.34. The molecule has 0 radical (unpaired) electrons. The van der Waals surface area contributed by atoms with Crippen molar-refractivity contribution in [2.45, 2.75) is 26.8 Å². The van der Waals surface area contributed by atoms with E-state index in [1.165, 1.54) is 0 Å². The molecule has 7 heteroatoms. The molecule has 1 aliphatic heterocycles. The van der Waals surface area contributed by atoms with Crippen molar-refractivity contribution in [1.82, 2.24) is 15.2 Å². The van der Waals surface area contributed by atoms with Crippen molar-refractivity contribution >= 4 is 11.7 Å². The van der Waals surface area contributed by atoms with E-state index in [9.17, 15) is 10.1 Å². The van der Waals surface area contributed by atoms with E-state index in [1.807, 2.05) is 62.1 Å². The van der Waals surface area contributed by atoms with Gasteiger partial charge in [-0.2, -0.15) is 5.26 Å². The van der Waals surface area contributed by atoms with E-state index >= 15 is 0 Å². The standard InChI is InChI=1S/C24H29N5O2/c1-4-31-22-9-8-18(2)15-21(22)19(3)27-24(30)20(16-25)17-28-11-13-29(14-12-28)23-7-5-6-10-26-23/h5-10,15,17,19H,4,11-14H2,1-3H3,(H,27,30)/b20-17-. The molecular formula is C24H29N5O2. The fourth-order valence-electron chi connectivity index (χ4n) is 3.59. The number of benzene rings is 1. The first-order valence-electron chi connectivity index (χ1n) is 10.6. The van der Waals surface area contributed by atoms with Crippen LogP contribution in [0.2, 0.25) is 0 Å². The number of nitrogens with one attached hydrogen (secondary N) is 1. The Bertz CT molecular complexity index is 960. The smallest absolute Gasteiger partial charge is 0.263 e. The molecule has 2 heterocycles. The number of amides is 1. The number of hydrogen-bond acceptors (Lipinski definition) is 6. The summed E-state index contributed by atoms with van der Waals surface area (Å²) in [7, 11) is 0. The Morgan fingerprint density at radius 3 is 2.71 bits per heavy atom. The molecule has 0 aliphatic carbocycles. The number of piperazine rings is 1. The summed E-state index contributed by atoms with van der Waals surface area (Å²) in [6.07, 6.45) is 3.45. The number of nitrogens with zero attached hydrogens (tertiary/aromatic N) is 4. The van der Waals surface area contributed by atoms with Gasteiger partial charge in [0.15, 0.2) is 0 Å². The second-order valence-electron chi connectivity index (χ2n) is 7.53. The molecule has 1 aromatic carbocycles. The summed E-state index contributed by atoms with van der Waals surface area (Å²) in [4.78, 5) is 21.4. The minimum Gasteiger partial charge on any atom is -0.494 e. The van der Waals surface area contributed by atoms with E-state index in [-0.39, 0.29) is 17.5 Å². The van der Waals surface area contributed by atoms with Crippen molar-refractivity contribution in [3.05, 3.63) is 65.5 Å². The summed E-state index contributed by atoms with van der Waals surface area (Å²) < 4.78 is 5.70. The van der Waals surface area contributed by atoms with E-state index in [4.69, 9.17) is 4.74 Å².